The number of nitrogens with zero attached hydrogens (tertiary/aromatic N) is 1. The summed E-state index contributed by atoms with van der Waals surface area (Å²) >= 11 is 0. The molecule has 0 unspecified atom stereocenters. The molecular formula is C20H22F2N2O4. The lowest BCUT2D eigenvalue weighted by Gasteiger charge is -2.16. The molecule has 0 aliphatic heterocycles. The maximum atomic E-state index is 12.5. The Morgan fingerprint density at radius 2 is 1.89 bits per heavy atom. The van der Waals surface area contributed by atoms with E-state index in [-0.39, 0.29) is 11.4 Å². The summed E-state index contributed by atoms with van der Waals surface area (Å²) in [6.45, 7) is 2.18. The summed E-state index contributed by atoms with van der Waals surface area (Å²) in [5, 5.41) is 2.45. The number of alkyl halides is 2. The second-order valence-electron chi connectivity index (χ2n) is 6.80. The van der Waals surface area contributed by atoms with E-state index >= 15 is 0 Å². The average Bonchev–Trinajstić information content (AvgIpc) is 3.41. The number of carbonyl (C=O) groups is 2. The van der Waals surface area contributed by atoms with Crippen molar-refractivity contribution < 1.29 is 27.8 Å². The van der Waals surface area contributed by atoms with E-state index in [1.165, 1.54) is 25.1 Å². The summed E-state index contributed by atoms with van der Waals surface area (Å²) in [5.74, 6) is -1.41. The fraction of sp³-hybridized carbons (Fsp3) is 0.400. The summed E-state index contributed by atoms with van der Waals surface area (Å²) in [7, 11) is 0. The Morgan fingerprint density at radius 1 is 1.21 bits per heavy atom. The number of halogens is 2. The van der Waals surface area contributed by atoms with Crippen LogP contribution in [0.25, 0.3) is 0 Å². The predicted molar refractivity (Wildman–Crippen MR) is 98.8 cm³/mol. The van der Waals surface area contributed by atoms with Crippen LogP contribution in [-0.4, -0.2) is 29.2 Å². The Bertz CT molecular complexity index is 890. The third-order valence-electron chi connectivity index (χ3n) is 4.63. The molecule has 0 spiro atoms. The van der Waals surface area contributed by atoms with Crippen LogP contribution in [0.2, 0.25) is 0 Å². The van der Waals surface area contributed by atoms with Gasteiger partial charge >= 0.3 is 12.6 Å². The van der Waals surface area contributed by atoms with Gasteiger partial charge in [0.25, 0.3) is 5.91 Å². The van der Waals surface area contributed by atoms with Crippen LogP contribution >= 0.6 is 0 Å². The lowest BCUT2D eigenvalue weighted by atomic mass is 10.2. The molecule has 150 valence electrons. The SMILES string of the molecule is Cc1cc(C(=O)O[C@@H](C)C(=O)Nc2ccccc2OC(F)F)c(C)n1C1CC1. The first kappa shape index (κ1) is 19.9. The van der Waals surface area contributed by atoms with Crippen molar-refractivity contribution in [3.8, 4) is 5.75 Å². The Kier molecular flexibility index (Phi) is 5.67. The normalized spacial score (nSPS) is 14.6. The van der Waals surface area contributed by atoms with E-state index in [0.29, 0.717) is 11.6 Å². The van der Waals surface area contributed by atoms with Crippen LogP contribution in [0.4, 0.5) is 14.5 Å². The molecule has 2 aromatic rings. The molecule has 0 radical (unpaired) electrons. The first-order chi connectivity index (χ1) is 13.3. The number of para-hydroxylation sites is 2. The number of carbonyl (C=O) groups excluding carboxylic acids is 2. The minimum atomic E-state index is -3.02. The zero-order valence-corrected chi connectivity index (χ0v) is 15.9. The van der Waals surface area contributed by atoms with Gasteiger partial charge in [0.2, 0.25) is 0 Å². The molecule has 1 aromatic heterocycles. The highest BCUT2D eigenvalue weighted by molar-refractivity contribution is 5.98. The van der Waals surface area contributed by atoms with E-state index in [9.17, 15) is 18.4 Å². The van der Waals surface area contributed by atoms with Crippen LogP contribution < -0.4 is 10.1 Å². The molecule has 1 heterocycles. The van der Waals surface area contributed by atoms with Crippen LogP contribution in [0.15, 0.2) is 30.3 Å². The van der Waals surface area contributed by atoms with Gasteiger partial charge in [-0.1, -0.05) is 12.1 Å². The van der Waals surface area contributed by atoms with E-state index in [0.717, 1.165) is 24.2 Å². The first-order valence-electron chi connectivity index (χ1n) is 9.02. The zero-order valence-electron chi connectivity index (χ0n) is 15.9. The summed E-state index contributed by atoms with van der Waals surface area (Å²) < 4.78 is 36.7. The molecule has 1 aromatic carbocycles. The third-order valence-corrected chi connectivity index (χ3v) is 4.63. The van der Waals surface area contributed by atoms with Crippen molar-refractivity contribution in [2.24, 2.45) is 0 Å². The number of hydrogen-bond acceptors (Lipinski definition) is 4. The summed E-state index contributed by atoms with van der Waals surface area (Å²) in [4.78, 5) is 24.9. The van der Waals surface area contributed by atoms with Gasteiger partial charge in [0.1, 0.15) is 5.75 Å². The Hall–Kier alpha value is -2.90. The van der Waals surface area contributed by atoms with Gasteiger partial charge in [0.05, 0.1) is 11.3 Å². The summed E-state index contributed by atoms with van der Waals surface area (Å²) in [6.07, 6.45) is 1.06. The molecule has 0 bridgehead atoms. The maximum absolute atomic E-state index is 12.5. The molecule has 1 N–H and O–H groups in total. The van der Waals surface area contributed by atoms with Crippen molar-refractivity contribution in [1.82, 2.24) is 4.57 Å². The lowest BCUT2D eigenvalue weighted by molar-refractivity contribution is -0.123. The quantitative estimate of drug-likeness (QED) is 0.716. The van der Waals surface area contributed by atoms with Crippen molar-refractivity contribution in [2.75, 3.05) is 5.32 Å². The highest BCUT2D eigenvalue weighted by atomic mass is 19.3. The van der Waals surface area contributed by atoms with Gasteiger partial charge in [-0.15, -0.1) is 0 Å². The Morgan fingerprint density at radius 3 is 2.54 bits per heavy atom. The van der Waals surface area contributed by atoms with Crippen molar-refractivity contribution in [3.63, 3.8) is 0 Å². The number of hydrogen-bond donors (Lipinski definition) is 1. The van der Waals surface area contributed by atoms with Crippen LogP contribution in [0.5, 0.6) is 5.75 Å². The number of esters is 1. The molecule has 0 saturated heterocycles. The molecule has 1 aliphatic carbocycles. The second kappa shape index (κ2) is 8.00. The van der Waals surface area contributed by atoms with Crippen molar-refractivity contribution in [1.29, 1.82) is 0 Å². The summed E-state index contributed by atoms with van der Waals surface area (Å²) in [6, 6.07) is 7.99. The first-order valence-corrected chi connectivity index (χ1v) is 9.02. The van der Waals surface area contributed by atoms with Crippen LogP contribution in [-0.2, 0) is 9.53 Å². The van der Waals surface area contributed by atoms with E-state index in [1.54, 1.807) is 12.1 Å². The predicted octanol–water partition coefficient (Wildman–Crippen LogP) is 4.23. The van der Waals surface area contributed by atoms with Gasteiger partial charge in [0, 0.05) is 17.4 Å². The van der Waals surface area contributed by atoms with E-state index in [2.05, 4.69) is 14.6 Å². The molecule has 1 aliphatic rings. The molecule has 3 rings (SSSR count). The van der Waals surface area contributed by atoms with Crippen LogP contribution in [0.1, 0.15) is 47.6 Å². The highest BCUT2D eigenvalue weighted by Gasteiger charge is 2.30. The largest absolute Gasteiger partial charge is 0.449 e. The van der Waals surface area contributed by atoms with Gasteiger partial charge in [-0.3, -0.25) is 4.79 Å². The molecule has 8 heteroatoms. The maximum Gasteiger partial charge on any atom is 0.387 e. The molecular weight excluding hydrogens is 370 g/mol. The van der Waals surface area contributed by atoms with E-state index in [4.69, 9.17) is 4.74 Å². The van der Waals surface area contributed by atoms with E-state index < -0.39 is 24.6 Å². The molecule has 1 atom stereocenters. The van der Waals surface area contributed by atoms with Crippen LogP contribution in [0.3, 0.4) is 0 Å². The van der Waals surface area contributed by atoms with Gasteiger partial charge in [-0.25, -0.2) is 4.79 Å². The van der Waals surface area contributed by atoms with Gasteiger partial charge in [-0.2, -0.15) is 8.78 Å². The minimum Gasteiger partial charge on any atom is -0.449 e. The molecule has 1 saturated carbocycles. The van der Waals surface area contributed by atoms with Gasteiger partial charge < -0.3 is 19.4 Å². The number of aryl methyl sites for hydroxylation is 1. The number of amides is 1. The Balaban J connectivity index is 1.66. The number of rotatable bonds is 7. The molecule has 6 nitrogen and oxygen atoms in total. The van der Waals surface area contributed by atoms with Gasteiger partial charge in [0.15, 0.2) is 6.10 Å². The van der Waals surface area contributed by atoms with Crippen LogP contribution in [0, 0.1) is 13.8 Å². The van der Waals surface area contributed by atoms with Gasteiger partial charge in [-0.05, 0) is 51.8 Å². The van der Waals surface area contributed by atoms with E-state index in [1.807, 2.05) is 13.8 Å². The number of ether oxygens (including phenoxy) is 2. The monoisotopic (exact) mass is 392 g/mol. The fourth-order valence-electron chi connectivity index (χ4n) is 3.16. The summed E-state index contributed by atoms with van der Waals surface area (Å²) in [5.41, 5.74) is 2.28. The average molecular weight is 392 g/mol. The lowest BCUT2D eigenvalue weighted by Crippen LogP contribution is -2.30. The van der Waals surface area contributed by atoms with Crippen molar-refractivity contribution >= 4 is 17.6 Å². The molecule has 1 amide bonds. The second-order valence-corrected chi connectivity index (χ2v) is 6.80. The number of aromatic nitrogens is 1. The molecule has 1 fully saturated rings. The van der Waals surface area contributed by atoms with Crippen molar-refractivity contribution in [3.05, 3.63) is 47.3 Å². The minimum absolute atomic E-state index is 0.0719. The zero-order chi connectivity index (χ0) is 20.4. The topological polar surface area (TPSA) is 69.6 Å². The number of benzene rings is 1. The Labute approximate surface area is 161 Å². The molecule has 28 heavy (non-hydrogen) atoms. The standard InChI is InChI=1S/C20H22F2N2O4/c1-11-10-15(12(2)24(11)14-8-9-14)19(26)27-13(3)18(25)23-16-6-4-5-7-17(16)28-20(21)22/h4-7,10,13-14,20H,8-9H2,1-3H3,(H,23,25)/t13-/m0/s1. The smallest absolute Gasteiger partial charge is 0.387 e. The highest BCUT2D eigenvalue weighted by Crippen LogP contribution is 2.38. The third kappa shape index (κ3) is 4.32. The fourth-order valence-corrected chi connectivity index (χ4v) is 3.16. The number of anilines is 1. The van der Waals surface area contributed by atoms with Crippen molar-refractivity contribution in [2.45, 2.75) is 52.4 Å². The number of nitrogens with one attached hydrogen (secondary N) is 1.